The third-order valence-corrected chi connectivity index (χ3v) is 6.80. The Balaban J connectivity index is 2.03. The van der Waals surface area contributed by atoms with Gasteiger partial charge in [-0.05, 0) is 31.6 Å². The first-order chi connectivity index (χ1) is 8.55. The fourth-order valence-electron chi connectivity index (χ4n) is 2.13. The molecular formula is C11H17NO3S3. The molecular weight excluding hydrogens is 290 g/mol. The molecule has 1 fully saturated rings. The molecule has 0 bridgehead atoms. The van der Waals surface area contributed by atoms with Crippen LogP contribution in [0.15, 0.2) is 16.3 Å². The van der Waals surface area contributed by atoms with E-state index < -0.39 is 10.0 Å². The molecule has 0 aromatic carbocycles. The van der Waals surface area contributed by atoms with Crippen molar-refractivity contribution in [1.82, 2.24) is 4.72 Å². The summed E-state index contributed by atoms with van der Waals surface area (Å²) in [4.78, 5) is 0.938. The van der Waals surface area contributed by atoms with E-state index in [0.717, 1.165) is 19.3 Å². The van der Waals surface area contributed by atoms with Gasteiger partial charge in [-0.3, -0.25) is 0 Å². The van der Waals surface area contributed by atoms with Crippen LogP contribution in [0.25, 0.3) is 0 Å². The zero-order chi connectivity index (χ0) is 13.2. The number of rotatable bonds is 5. The lowest BCUT2D eigenvalue weighted by Gasteiger charge is -2.12. The van der Waals surface area contributed by atoms with Gasteiger partial charge in [-0.1, -0.05) is 0 Å². The van der Waals surface area contributed by atoms with Gasteiger partial charge in [0.15, 0.2) is 0 Å². The standard InChI is InChI=1S/C11H17NO3S3/c1-16-9-3-2-8(4-9)12-18(14,15)11-5-10(6-13)17-7-11/h5,7-9,12-13H,2-4,6H2,1H3. The van der Waals surface area contributed by atoms with Crippen LogP contribution in [-0.4, -0.2) is 31.1 Å². The molecule has 0 saturated heterocycles. The molecule has 1 aromatic rings. The van der Waals surface area contributed by atoms with Crippen molar-refractivity contribution < 1.29 is 13.5 Å². The van der Waals surface area contributed by atoms with Crippen molar-refractivity contribution >= 4 is 33.1 Å². The summed E-state index contributed by atoms with van der Waals surface area (Å²) >= 11 is 3.07. The van der Waals surface area contributed by atoms with Crippen molar-refractivity contribution in [3.05, 3.63) is 16.3 Å². The zero-order valence-corrected chi connectivity index (χ0v) is 12.6. The number of aliphatic hydroxyl groups excluding tert-OH is 1. The van der Waals surface area contributed by atoms with E-state index in [1.54, 1.807) is 17.1 Å². The lowest BCUT2D eigenvalue weighted by molar-refractivity contribution is 0.285. The summed E-state index contributed by atoms with van der Waals surface area (Å²) in [6.07, 6.45) is 4.94. The highest BCUT2D eigenvalue weighted by Crippen LogP contribution is 2.29. The van der Waals surface area contributed by atoms with Crippen LogP contribution in [0.2, 0.25) is 0 Å². The minimum absolute atomic E-state index is 0.0462. The van der Waals surface area contributed by atoms with E-state index in [9.17, 15) is 8.42 Å². The second-order valence-electron chi connectivity index (χ2n) is 4.40. The maximum atomic E-state index is 12.1. The molecule has 2 N–H and O–H groups in total. The van der Waals surface area contributed by atoms with Gasteiger partial charge in [0, 0.05) is 21.5 Å². The fraction of sp³-hybridized carbons (Fsp3) is 0.636. The molecule has 0 aliphatic heterocycles. The molecule has 2 unspecified atom stereocenters. The minimum atomic E-state index is -3.42. The van der Waals surface area contributed by atoms with Crippen LogP contribution in [0, 0.1) is 0 Å². The number of thiophene rings is 1. The Bertz CT molecular complexity index is 497. The zero-order valence-electron chi connectivity index (χ0n) is 10.1. The Hall–Kier alpha value is -0.0800. The SMILES string of the molecule is CSC1CCC(NS(=O)(=O)c2csc(CO)c2)C1. The topological polar surface area (TPSA) is 66.4 Å². The number of thioether (sulfide) groups is 1. The van der Waals surface area contributed by atoms with Gasteiger partial charge in [0.2, 0.25) is 10.0 Å². The molecule has 4 nitrogen and oxygen atoms in total. The van der Waals surface area contributed by atoms with Crippen molar-refractivity contribution in [1.29, 1.82) is 0 Å². The molecule has 1 aliphatic rings. The van der Waals surface area contributed by atoms with Gasteiger partial charge in [0.1, 0.15) is 0 Å². The highest BCUT2D eigenvalue weighted by Gasteiger charge is 2.28. The first kappa shape index (κ1) is 14.3. The van der Waals surface area contributed by atoms with Crippen molar-refractivity contribution in [2.45, 2.75) is 42.1 Å². The molecule has 2 rings (SSSR count). The summed E-state index contributed by atoms with van der Waals surface area (Å²) < 4.78 is 27.0. The van der Waals surface area contributed by atoms with Gasteiger partial charge in [0.05, 0.1) is 11.5 Å². The predicted molar refractivity (Wildman–Crippen MR) is 75.5 cm³/mol. The maximum absolute atomic E-state index is 12.1. The summed E-state index contributed by atoms with van der Waals surface area (Å²) in [6.45, 7) is -0.113. The number of hydrogen-bond donors (Lipinski definition) is 2. The Labute approximate surface area is 116 Å². The summed E-state index contributed by atoms with van der Waals surface area (Å²) in [5.74, 6) is 0. The van der Waals surface area contributed by atoms with Crippen LogP contribution < -0.4 is 4.72 Å². The van der Waals surface area contributed by atoms with Gasteiger partial charge < -0.3 is 5.11 Å². The Morgan fingerprint density at radius 3 is 2.89 bits per heavy atom. The predicted octanol–water partition coefficient (Wildman–Crippen LogP) is 1.80. The highest BCUT2D eigenvalue weighted by atomic mass is 32.2. The Morgan fingerprint density at radius 1 is 1.56 bits per heavy atom. The Kier molecular flexibility index (Phi) is 4.71. The van der Waals surface area contributed by atoms with Gasteiger partial charge in [-0.15, -0.1) is 11.3 Å². The average molecular weight is 307 g/mol. The van der Waals surface area contributed by atoms with Crippen LogP contribution >= 0.6 is 23.1 Å². The molecule has 0 spiro atoms. The van der Waals surface area contributed by atoms with E-state index in [1.807, 2.05) is 0 Å². The number of nitrogens with one attached hydrogen (secondary N) is 1. The molecule has 1 heterocycles. The fourth-order valence-corrected chi connectivity index (χ4v) is 5.35. The van der Waals surface area contributed by atoms with E-state index in [1.165, 1.54) is 17.4 Å². The van der Waals surface area contributed by atoms with E-state index in [-0.39, 0.29) is 17.5 Å². The molecule has 2 atom stereocenters. The largest absolute Gasteiger partial charge is 0.391 e. The highest BCUT2D eigenvalue weighted by molar-refractivity contribution is 7.99. The van der Waals surface area contributed by atoms with E-state index in [4.69, 9.17) is 5.11 Å². The molecule has 1 aliphatic carbocycles. The van der Waals surface area contributed by atoms with Crippen molar-refractivity contribution in [2.24, 2.45) is 0 Å². The molecule has 1 aromatic heterocycles. The Morgan fingerprint density at radius 2 is 2.33 bits per heavy atom. The average Bonchev–Trinajstić information content (AvgIpc) is 2.96. The second kappa shape index (κ2) is 5.92. The summed E-state index contributed by atoms with van der Waals surface area (Å²) in [5, 5.41) is 11.1. The van der Waals surface area contributed by atoms with E-state index in [2.05, 4.69) is 11.0 Å². The van der Waals surface area contributed by atoms with Gasteiger partial charge >= 0.3 is 0 Å². The van der Waals surface area contributed by atoms with E-state index >= 15 is 0 Å². The van der Waals surface area contributed by atoms with Crippen molar-refractivity contribution in [2.75, 3.05) is 6.26 Å². The van der Waals surface area contributed by atoms with Crippen LogP contribution in [-0.2, 0) is 16.6 Å². The van der Waals surface area contributed by atoms with Crippen LogP contribution in [0.5, 0.6) is 0 Å². The second-order valence-corrected chi connectivity index (χ2v) is 8.24. The van der Waals surface area contributed by atoms with Crippen molar-refractivity contribution in [3.63, 3.8) is 0 Å². The minimum Gasteiger partial charge on any atom is -0.391 e. The molecule has 0 amide bonds. The summed E-state index contributed by atoms with van der Waals surface area (Å²) in [6, 6.07) is 1.58. The molecule has 1 saturated carbocycles. The summed E-state index contributed by atoms with van der Waals surface area (Å²) in [7, 11) is -3.42. The smallest absolute Gasteiger partial charge is 0.241 e. The summed E-state index contributed by atoms with van der Waals surface area (Å²) in [5.41, 5.74) is 0. The maximum Gasteiger partial charge on any atom is 0.241 e. The third-order valence-electron chi connectivity index (χ3n) is 3.14. The number of hydrogen-bond acceptors (Lipinski definition) is 5. The first-order valence-electron chi connectivity index (χ1n) is 5.78. The third kappa shape index (κ3) is 3.27. The first-order valence-corrected chi connectivity index (χ1v) is 9.43. The lowest BCUT2D eigenvalue weighted by atomic mass is 10.3. The monoisotopic (exact) mass is 307 g/mol. The molecule has 0 radical (unpaired) electrons. The van der Waals surface area contributed by atoms with Gasteiger partial charge in [-0.25, -0.2) is 13.1 Å². The quantitative estimate of drug-likeness (QED) is 0.870. The molecule has 7 heteroatoms. The van der Waals surface area contributed by atoms with Crippen LogP contribution in [0.3, 0.4) is 0 Å². The van der Waals surface area contributed by atoms with Crippen LogP contribution in [0.4, 0.5) is 0 Å². The molecule has 102 valence electrons. The number of sulfonamides is 1. The van der Waals surface area contributed by atoms with Crippen molar-refractivity contribution in [3.8, 4) is 0 Å². The normalized spacial score (nSPS) is 24.6. The number of aliphatic hydroxyl groups is 1. The van der Waals surface area contributed by atoms with Gasteiger partial charge in [0.25, 0.3) is 0 Å². The lowest BCUT2D eigenvalue weighted by Crippen LogP contribution is -2.32. The van der Waals surface area contributed by atoms with E-state index in [0.29, 0.717) is 10.1 Å². The van der Waals surface area contributed by atoms with Gasteiger partial charge in [-0.2, -0.15) is 11.8 Å². The molecule has 18 heavy (non-hydrogen) atoms. The van der Waals surface area contributed by atoms with Crippen LogP contribution in [0.1, 0.15) is 24.1 Å².